The molecule has 0 aliphatic heterocycles. The normalized spacial score (nSPS) is 10.9. The van der Waals surface area contributed by atoms with E-state index in [2.05, 4.69) is 5.32 Å². The van der Waals surface area contributed by atoms with Crippen LogP contribution in [0.25, 0.3) is 0 Å². The van der Waals surface area contributed by atoms with Gasteiger partial charge in [-0.15, -0.1) is 0 Å². The van der Waals surface area contributed by atoms with Crippen LogP contribution in [-0.2, 0) is 19.7 Å². The van der Waals surface area contributed by atoms with Crippen LogP contribution in [0, 0.1) is 6.92 Å². The van der Waals surface area contributed by atoms with Crippen LogP contribution in [0.1, 0.15) is 23.6 Å². The first kappa shape index (κ1) is 19.4. The number of nitrogens with one attached hydrogen (secondary N) is 1. The molecule has 0 saturated heterocycles. The fourth-order valence-corrected chi connectivity index (χ4v) is 3.23. The number of amides is 1. The smallest absolute Gasteiger partial charge is 0.330 e. The Labute approximate surface area is 165 Å². The lowest BCUT2D eigenvalue weighted by atomic mass is 9.73. The largest absolute Gasteiger partial charge is 0.465 e. The molecule has 1 amide bonds. The standard InChI is InChI=1S/C24H23NO3/c1-3-28-23(27)24(19-10-6-4-7-11-19,20-12-8-5-9-13-20)22(26)25-21-16-14-18(2)15-17-21/h4-17H,3H2,1-2H3,(H,25,26). The van der Waals surface area contributed by atoms with Crippen LogP contribution < -0.4 is 5.32 Å². The molecule has 0 fully saturated rings. The molecular weight excluding hydrogens is 350 g/mol. The molecular formula is C24H23NO3. The van der Waals surface area contributed by atoms with Crippen molar-refractivity contribution in [3.05, 3.63) is 102 Å². The molecule has 0 saturated carbocycles. The van der Waals surface area contributed by atoms with Crippen LogP contribution in [-0.4, -0.2) is 18.5 Å². The number of hydrogen-bond donors (Lipinski definition) is 1. The first-order chi connectivity index (χ1) is 13.6. The zero-order chi connectivity index (χ0) is 20.0. The van der Waals surface area contributed by atoms with Crippen LogP contribution in [0.15, 0.2) is 84.9 Å². The van der Waals surface area contributed by atoms with Crippen LogP contribution in [0.2, 0.25) is 0 Å². The molecule has 0 aliphatic rings. The second-order valence-electron chi connectivity index (χ2n) is 6.52. The first-order valence-electron chi connectivity index (χ1n) is 9.25. The number of carbonyl (C=O) groups excluding carboxylic acids is 2. The van der Waals surface area contributed by atoms with Crippen molar-refractivity contribution in [2.24, 2.45) is 0 Å². The van der Waals surface area contributed by atoms with Gasteiger partial charge in [0, 0.05) is 5.69 Å². The molecule has 1 N–H and O–H groups in total. The number of benzene rings is 3. The molecule has 0 spiro atoms. The minimum Gasteiger partial charge on any atom is -0.465 e. The van der Waals surface area contributed by atoms with E-state index in [0.29, 0.717) is 16.8 Å². The van der Waals surface area contributed by atoms with E-state index < -0.39 is 17.3 Å². The predicted octanol–water partition coefficient (Wildman–Crippen LogP) is 4.48. The van der Waals surface area contributed by atoms with Crippen molar-refractivity contribution in [1.29, 1.82) is 0 Å². The Morgan fingerprint density at radius 1 is 0.821 bits per heavy atom. The Balaban J connectivity index is 2.18. The van der Waals surface area contributed by atoms with E-state index in [0.717, 1.165) is 5.56 Å². The number of aryl methyl sites for hydroxylation is 1. The quantitative estimate of drug-likeness (QED) is 0.512. The van der Waals surface area contributed by atoms with Gasteiger partial charge in [0.15, 0.2) is 5.41 Å². The van der Waals surface area contributed by atoms with Crippen molar-refractivity contribution in [3.8, 4) is 0 Å². The van der Waals surface area contributed by atoms with Crippen LogP contribution in [0.5, 0.6) is 0 Å². The SMILES string of the molecule is CCOC(=O)C(C(=O)Nc1ccc(C)cc1)(c1ccccc1)c1ccccc1. The molecule has 3 aromatic rings. The highest BCUT2D eigenvalue weighted by Gasteiger charge is 2.50. The van der Waals surface area contributed by atoms with Crippen LogP contribution in [0.3, 0.4) is 0 Å². The van der Waals surface area contributed by atoms with Crippen molar-refractivity contribution < 1.29 is 14.3 Å². The number of anilines is 1. The Morgan fingerprint density at radius 3 is 1.79 bits per heavy atom. The highest BCUT2D eigenvalue weighted by atomic mass is 16.5. The molecule has 0 aliphatic carbocycles. The van der Waals surface area contributed by atoms with E-state index in [9.17, 15) is 9.59 Å². The molecule has 3 rings (SSSR count). The third kappa shape index (κ3) is 3.67. The van der Waals surface area contributed by atoms with Crippen molar-refractivity contribution in [3.63, 3.8) is 0 Å². The fraction of sp³-hybridized carbons (Fsp3) is 0.167. The number of rotatable bonds is 6. The summed E-state index contributed by atoms with van der Waals surface area (Å²) in [6.07, 6.45) is 0. The van der Waals surface area contributed by atoms with Gasteiger partial charge in [-0.3, -0.25) is 9.59 Å². The molecule has 0 aromatic heterocycles. The molecule has 142 valence electrons. The van der Waals surface area contributed by atoms with Crippen LogP contribution in [0.4, 0.5) is 5.69 Å². The topological polar surface area (TPSA) is 55.4 Å². The highest BCUT2D eigenvalue weighted by molar-refractivity contribution is 6.17. The Morgan fingerprint density at radius 2 is 1.32 bits per heavy atom. The summed E-state index contributed by atoms with van der Waals surface area (Å²) < 4.78 is 5.39. The molecule has 0 radical (unpaired) electrons. The summed E-state index contributed by atoms with van der Waals surface area (Å²) in [4.78, 5) is 26.9. The second kappa shape index (κ2) is 8.53. The van der Waals surface area contributed by atoms with Gasteiger partial charge in [-0.1, -0.05) is 78.4 Å². The molecule has 4 nitrogen and oxygen atoms in total. The molecule has 3 aromatic carbocycles. The van der Waals surface area contributed by atoms with Crippen molar-refractivity contribution in [2.75, 3.05) is 11.9 Å². The minimum atomic E-state index is -1.61. The lowest BCUT2D eigenvalue weighted by Gasteiger charge is -2.31. The summed E-state index contributed by atoms with van der Waals surface area (Å²) in [5.41, 5.74) is 1.22. The summed E-state index contributed by atoms with van der Waals surface area (Å²) in [5.74, 6) is -1.05. The maximum Gasteiger partial charge on any atom is 0.330 e. The van der Waals surface area contributed by atoms with Crippen molar-refractivity contribution >= 4 is 17.6 Å². The van der Waals surface area contributed by atoms with E-state index >= 15 is 0 Å². The molecule has 0 unspecified atom stereocenters. The van der Waals surface area contributed by atoms with Gasteiger partial charge >= 0.3 is 5.97 Å². The number of ether oxygens (including phenoxy) is 1. The van der Waals surface area contributed by atoms with Gasteiger partial charge in [0.05, 0.1) is 6.61 Å². The van der Waals surface area contributed by atoms with Gasteiger partial charge in [-0.05, 0) is 37.1 Å². The summed E-state index contributed by atoms with van der Waals surface area (Å²) in [7, 11) is 0. The molecule has 0 atom stereocenters. The Hall–Kier alpha value is -3.40. The van der Waals surface area contributed by atoms with Crippen molar-refractivity contribution in [1.82, 2.24) is 0 Å². The fourth-order valence-electron chi connectivity index (χ4n) is 3.23. The van der Waals surface area contributed by atoms with E-state index in [1.165, 1.54) is 0 Å². The number of esters is 1. The second-order valence-corrected chi connectivity index (χ2v) is 6.52. The minimum absolute atomic E-state index is 0.179. The summed E-state index contributed by atoms with van der Waals surface area (Å²) in [6.45, 7) is 3.89. The summed E-state index contributed by atoms with van der Waals surface area (Å²) in [5, 5.41) is 2.91. The summed E-state index contributed by atoms with van der Waals surface area (Å²) in [6, 6.07) is 25.5. The van der Waals surface area contributed by atoms with Gasteiger partial charge in [-0.25, -0.2) is 0 Å². The van der Waals surface area contributed by atoms with Gasteiger partial charge in [-0.2, -0.15) is 0 Å². The predicted molar refractivity (Wildman–Crippen MR) is 110 cm³/mol. The zero-order valence-electron chi connectivity index (χ0n) is 16.0. The van der Waals surface area contributed by atoms with Crippen molar-refractivity contribution in [2.45, 2.75) is 19.3 Å². The Bertz CT molecular complexity index is 895. The Kier molecular flexibility index (Phi) is 5.90. The summed E-state index contributed by atoms with van der Waals surface area (Å²) >= 11 is 0. The average Bonchev–Trinajstić information content (AvgIpc) is 2.72. The van der Waals surface area contributed by atoms with Gasteiger partial charge < -0.3 is 10.1 Å². The number of hydrogen-bond acceptors (Lipinski definition) is 3. The third-order valence-electron chi connectivity index (χ3n) is 4.65. The maximum atomic E-state index is 13.6. The zero-order valence-corrected chi connectivity index (χ0v) is 16.0. The molecule has 0 heterocycles. The molecule has 28 heavy (non-hydrogen) atoms. The van der Waals surface area contributed by atoms with Crippen LogP contribution >= 0.6 is 0 Å². The maximum absolute atomic E-state index is 13.6. The van der Waals surface area contributed by atoms with Gasteiger partial charge in [0.2, 0.25) is 0 Å². The first-order valence-corrected chi connectivity index (χ1v) is 9.25. The van der Waals surface area contributed by atoms with E-state index in [1.54, 1.807) is 31.2 Å². The van der Waals surface area contributed by atoms with E-state index in [4.69, 9.17) is 4.74 Å². The van der Waals surface area contributed by atoms with Gasteiger partial charge in [0.1, 0.15) is 0 Å². The lowest BCUT2D eigenvalue weighted by Crippen LogP contribution is -2.49. The lowest BCUT2D eigenvalue weighted by molar-refractivity contribution is -0.151. The van der Waals surface area contributed by atoms with E-state index in [1.807, 2.05) is 67.6 Å². The third-order valence-corrected chi connectivity index (χ3v) is 4.65. The van der Waals surface area contributed by atoms with Gasteiger partial charge in [0.25, 0.3) is 5.91 Å². The molecule has 4 heteroatoms. The average molecular weight is 373 g/mol. The monoisotopic (exact) mass is 373 g/mol. The molecule has 0 bridgehead atoms. The van der Waals surface area contributed by atoms with E-state index in [-0.39, 0.29) is 6.61 Å². The number of carbonyl (C=O) groups is 2. The highest BCUT2D eigenvalue weighted by Crippen LogP contribution is 2.35.